The van der Waals surface area contributed by atoms with Crippen molar-refractivity contribution in [3.63, 3.8) is 0 Å². The number of hydrogen-bond donors (Lipinski definition) is 1. The summed E-state index contributed by atoms with van der Waals surface area (Å²) in [4.78, 5) is 4.49. The lowest BCUT2D eigenvalue weighted by Gasteiger charge is -1.99. The number of nitrogen functional groups attached to an aromatic ring is 1. The smallest absolute Gasteiger partial charge is 0.199 e. The van der Waals surface area contributed by atoms with Gasteiger partial charge in [-0.1, -0.05) is 6.07 Å². The van der Waals surface area contributed by atoms with Crippen LogP contribution in [0.25, 0.3) is 11.1 Å². The maximum absolute atomic E-state index is 5.84. The number of hydrogen-bond acceptors (Lipinski definition) is 4. The molecule has 2 N–H and O–H groups in total. The van der Waals surface area contributed by atoms with Gasteiger partial charge in [0.2, 0.25) is 0 Å². The summed E-state index contributed by atoms with van der Waals surface area (Å²) >= 11 is 1.96. The summed E-state index contributed by atoms with van der Waals surface area (Å²) in [5.74, 6) is 3.65. The Bertz CT molecular complexity index is 488. The summed E-state index contributed by atoms with van der Waals surface area (Å²) in [5.41, 5.74) is 8.16. The third-order valence-corrected chi connectivity index (χ3v) is 3.91. The van der Waals surface area contributed by atoms with Crippen LogP contribution < -0.4 is 5.73 Å². The third-order valence-electron chi connectivity index (χ3n) is 2.75. The lowest BCUT2D eigenvalue weighted by Crippen LogP contribution is -1.95. The lowest BCUT2D eigenvalue weighted by molar-refractivity contribution is 0.490. The van der Waals surface area contributed by atoms with Crippen LogP contribution in [0.4, 0.5) is 5.69 Å². The number of nitrogens with two attached hydrogens (primary N) is 1. The normalized spacial score (nSPS) is 21.2. The molecule has 0 saturated carbocycles. The molecule has 1 aliphatic rings. The van der Waals surface area contributed by atoms with Crippen LogP contribution in [0.5, 0.6) is 0 Å². The fraction of sp³-hybridized carbons (Fsp3) is 0.364. The predicted octanol–water partition coefficient (Wildman–Crippen LogP) is 2.63. The molecule has 0 spiro atoms. The first-order chi connectivity index (χ1) is 7.34. The van der Waals surface area contributed by atoms with E-state index in [1.807, 2.05) is 30.0 Å². The van der Waals surface area contributed by atoms with Crippen molar-refractivity contribution >= 4 is 28.5 Å². The van der Waals surface area contributed by atoms with E-state index in [0.29, 0.717) is 11.6 Å². The zero-order valence-corrected chi connectivity index (χ0v) is 9.09. The molecule has 1 atom stereocenters. The molecule has 1 aromatic carbocycles. The molecule has 2 aromatic rings. The van der Waals surface area contributed by atoms with Gasteiger partial charge in [-0.15, -0.1) is 0 Å². The minimum absolute atomic E-state index is 0.474. The number of fused-ring (bicyclic) bond motifs is 1. The second-order valence-electron chi connectivity index (χ2n) is 3.81. The Morgan fingerprint density at radius 2 is 2.40 bits per heavy atom. The molecule has 3 nitrogen and oxygen atoms in total. The van der Waals surface area contributed by atoms with Gasteiger partial charge in [0, 0.05) is 11.7 Å². The van der Waals surface area contributed by atoms with Crippen LogP contribution in [0.1, 0.15) is 18.2 Å². The van der Waals surface area contributed by atoms with E-state index in [2.05, 4.69) is 4.98 Å². The SMILES string of the molecule is Nc1cccc2oc(C3CCSC3)nc12. The Kier molecular flexibility index (Phi) is 2.09. The standard InChI is InChI=1S/C11H12N2OS/c12-8-2-1-3-9-10(8)13-11(14-9)7-4-5-15-6-7/h1-3,7H,4-6,12H2. The highest BCUT2D eigenvalue weighted by Gasteiger charge is 2.23. The molecule has 2 heterocycles. The Morgan fingerprint density at radius 3 is 3.13 bits per heavy atom. The molecule has 0 aliphatic carbocycles. The van der Waals surface area contributed by atoms with E-state index in [-0.39, 0.29) is 0 Å². The molecule has 0 radical (unpaired) electrons. The Balaban J connectivity index is 2.09. The number of thioether (sulfide) groups is 1. The second-order valence-corrected chi connectivity index (χ2v) is 4.96. The molecule has 4 heteroatoms. The number of rotatable bonds is 1. The molecule has 1 saturated heterocycles. The molecular formula is C11H12N2OS. The van der Waals surface area contributed by atoms with Crippen molar-refractivity contribution in [2.75, 3.05) is 17.2 Å². The van der Waals surface area contributed by atoms with Gasteiger partial charge in [-0.3, -0.25) is 0 Å². The Labute approximate surface area is 92.0 Å². The maximum atomic E-state index is 5.84. The molecule has 78 valence electrons. The molecule has 0 amide bonds. The minimum atomic E-state index is 0.474. The quantitative estimate of drug-likeness (QED) is 0.751. The van der Waals surface area contributed by atoms with Crippen LogP contribution in [-0.2, 0) is 0 Å². The summed E-state index contributed by atoms with van der Waals surface area (Å²) in [6.07, 6.45) is 1.16. The van der Waals surface area contributed by atoms with E-state index in [1.165, 1.54) is 5.75 Å². The van der Waals surface area contributed by atoms with E-state index in [4.69, 9.17) is 10.2 Å². The second kappa shape index (κ2) is 3.45. The topological polar surface area (TPSA) is 52.0 Å². The molecule has 1 aliphatic heterocycles. The molecule has 3 rings (SSSR count). The minimum Gasteiger partial charge on any atom is -0.440 e. The van der Waals surface area contributed by atoms with Gasteiger partial charge in [0.25, 0.3) is 0 Å². The molecule has 15 heavy (non-hydrogen) atoms. The molecular weight excluding hydrogens is 208 g/mol. The lowest BCUT2D eigenvalue weighted by atomic mass is 10.1. The summed E-state index contributed by atoms with van der Waals surface area (Å²) < 4.78 is 5.73. The first-order valence-corrected chi connectivity index (χ1v) is 6.23. The average Bonchev–Trinajstić information content (AvgIpc) is 2.86. The van der Waals surface area contributed by atoms with Gasteiger partial charge in [0.15, 0.2) is 11.5 Å². The monoisotopic (exact) mass is 220 g/mol. The van der Waals surface area contributed by atoms with Gasteiger partial charge in [-0.2, -0.15) is 11.8 Å². The number of aromatic nitrogens is 1. The first kappa shape index (κ1) is 9.09. The molecule has 1 aromatic heterocycles. The summed E-state index contributed by atoms with van der Waals surface area (Å²) in [5, 5.41) is 0. The average molecular weight is 220 g/mol. The van der Waals surface area contributed by atoms with Crippen LogP contribution in [0.3, 0.4) is 0 Å². The van der Waals surface area contributed by atoms with Crippen LogP contribution in [0.15, 0.2) is 22.6 Å². The molecule has 0 bridgehead atoms. The van der Waals surface area contributed by atoms with Gasteiger partial charge in [0.1, 0.15) is 5.52 Å². The van der Waals surface area contributed by atoms with Crippen molar-refractivity contribution in [2.24, 2.45) is 0 Å². The Hall–Kier alpha value is -1.16. The number of benzene rings is 1. The highest BCUT2D eigenvalue weighted by atomic mass is 32.2. The van der Waals surface area contributed by atoms with Crippen LogP contribution in [-0.4, -0.2) is 16.5 Å². The van der Waals surface area contributed by atoms with Crippen molar-refractivity contribution in [3.05, 3.63) is 24.1 Å². The van der Waals surface area contributed by atoms with Gasteiger partial charge in [-0.25, -0.2) is 4.98 Å². The summed E-state index contributed by atoms with van der Waals surface area (Å²) in [6.45, 7) is 0. The summed E-state index contributed by atoms with van der Waals surface area (Å²) in [6, 6.07) is 5.68. The van der Waals surface area contributed by atoms with E-state index < -0.39 is 0 Å². The number of para-hydroxylation sites is 1. The third kappa shape index (κ3) is 1.49. The predicted molar refractivity (Wildman–Crippen MR) is 63.1 cm³/mol. The number of oxazole rings is 1. The van der Waals surface area contributed by atoms with Crippen LogP contribution in [0.2, 0.25) is 0 Å². The van der Waals surface area contributed by atoms with Crippen molar-refractivity contribution < 1.29 is 4.42 Å². The molecule has 1 fully saturated rings. The van der Waals surface area contributed by atoms with Crippen molar-refractivity contribution in [1.29, 1.82) is 0 Å². The largest absolute Gasteiger partial charge is 0.440 e. The van der Waals surface area contributed by atoms with Crippen molar-refractivity contribution in [3.8, 4) is 0 Å². The van der Waals surface area contributed by atoms with Crippen LogP contribution in [0, 0.1) is 0 Å². The first-order valence-electron chi connectivity index (χ1n) is 5.07. The molecule has 1 unspecified atom stereocenters. The van der Waals surface area contributed by atoms with E-state index >= 15 is 0 Å². The number of anilines is 1. The van der Waals surface area contributed by atoms with E-state index in [1.54, 1.807) is 0 Å². The van der Waals surface area contributed by atoms with E-state index in [9.17, 15) is 0 Å². The highest BCUT2D eigenvalue weighted by molar-refractivity contribution is 7.99. The fourth-order valence-corrected chi connectivity index (χ4v) is 3.10. The Morgan fingerprint density at radius 1 is 1.47 bits per heavy atom. The zero-order valence-electron chi connectivity index (χ0n) is 8.27. The zero-order chi connectivity index (χ0) is 10.3. The van der Waals surface area contributed by atoms with Gasteiger partial charge >= 0.3 is 0 Å². The van der Waals surface area contributed by atoms with Gasteiger partial charge < -0.3 is 10.2 Å². The summed E-state index contributed by atoms with van der Waals surface area (Å²) in [7, 11) is 0. The highest BCUT2D eigenvalue weighted by Crippen LogP contribution is 2.34. The van der Waals surface area contributed by atoms with Crippen LogP contribution >= 0.6 is 11.8 Å². The number of nitrogens with zero attached hydrogens (tertiary/aromatic N) is 1. The van der Waals surface area contributed by atoms with Crippen molar-refractivity contribution in [1.82, 2.24) is 4.98 Å². The van der Waals surface area contributed by atoms with Crippen molar-refractivity contribution in [2.45, 2.75) is 12.3 Å². The maximum Gasteiger partial charge on any atom is 0.199 e. The van der Waals surface area contributed by atoms with Gasteiger partial charge in [0.05, 0.1) is 5.69 Å². The van der Waals surface area contributed by atoms with Gasteiger partial charge in [-0.05, 0) is 24.3 Å². The van der Waals surface area contributed by atoms with E-state index in [0.717, 1.165) is 29.2 Å². The fourth-order valence-electron chi connectivity index (χ4n) is 1.89.